The first-order valence-electron chi connectivity index (χ1n) is 7.81. The van der Waals surface area contributed by atoms with E-state index >= 15 is 0 Å². The molecule has 1 fully saturated rings. The van der Waals surface area contributed by atoms with E-state index in [1.807, 2.05) is 0 Å². The zero-order valence-electron chi connectivity index (χ0n) is 13.0. The Labute approximate surface area is 126 Å². The molecule has 0 saturated carbocycles. The molecule has 0 spiro atoms. The molecule has 0 aromatic carbocycles. The summed E-state index contributed by atoms with van der Waals surface area (Å²) in [7, 11) is 4.25. The summed E-state index contributed by atoms with van der Waals surface area (Å²) >= 11 is 0. The van der Waals surface area contributed by atoms with Crippen LogP contribution in [0.15, 0.2) is 6.07 Å². The van der Waals surface area contributed by atoms with Gasteiger partial charge in [-0.2, -0.15) is 0 Å². The van der Waals surface area contributed by atoms with Crippen LogP contribution in [0.4, 0.5) is 5.82 Å². The zero-order chi connectivity index (χ0) is 15.0. The molecule has 0 bridgehead atoms. The molecule has 21 heavy (non-hydrogen) atoms. The minimum Gasteiger partial charge on any atom is -0.384 e. The van der Waals surface area contributed by atoms with Crippen molar-refractivity contribution in [2.24, 2.45) is 11.7 Å². The Kier molecular flexibility index (Phi) is 3.85. The minimum atomic E-state index is 0.127. The predicted octanol–water partition coefficient (Wildman–Crippen LogP) is 1.24. The van der Waals surface area contributed by atoms with Crippen LogP contribution in [0.2, 0.25) is 0 Å². The van der Waals surface area contributed by atoms with Gasteiger partial charge in [0.15, 0.2) is 0 Å². The van der Waals surface area contributed by atoms with E-state index in [0.717, 1.165) is 37.3 Å². The van der Waals surface area contributed by atoms with E-state index in [9.17, 15) is 0 Å². The summed E-state index contributed by atoms with van der Waals surface area (Å²) in [5.41, 5.74) is 9.06. The largest absolute Gasteiger partial charge is 0.384 e. The van der Waals surface area contributed by atoms with Gasteiger partial charge in [0, 0.05) is 25.8 Å². The van der Waals surface area contributed by atoms with Gasteiger partial charge < -0.3 is 15.5 Å². The van der Waals surface area contributed by atoms with Crippen LogP contribution in [0.25, 0.3) is 0 Å². The molecule has 1 aromatic rings. The van der Waals surface area contributed by atoms with Crippen molar-refractivity contribution >= 4 is 11.7 Å². The molecule has 5 nitrogen and oxygen atoms in total. The van der Waals surface area contributed by atoms with Crippen LogP contribution in [0, 0.1) is 11.3 Å². The van der Waals surface area contributed by atoms with Gasteiger partial charge in [-0.25, -0.2) is 4.98 Å². The molecule has 2 aliphatic rings. The van der Waals surface area contributed by atoms with Gasteiger partial charge in [-0.3, -0.25) is 5.41 Å². The van der Waals surface area contributed by atoms with E-state index in [-0.39, 0.29) is 5.84 Å². The second-order valence-electron chi connectivity index (χ2n) is 6.53. The van der Waals surface area contributed by atoms with Crippen LogP contribution >= 0.6 is 0 Å². The molecule has 2 heterocycles. The standard InChI is InChI=1S/C16H25N5/c1-20-7-6-11(9-20)10-21(2)16-13(15(17)18)8-12-4-3-5-14(12)19-16/h8,11H,3-7,9-10H2,1-2H3,(H3,17,18). The average Bonchev–Trinajstić information content (AvgIpc) is 3.05. The molecular weight excluding hydrogens is 262 g/mol. The van der Waals surface area contributed by atoms with Gasteiger partial charge in [0.05, 0.1) is 5.56 Å². The first-order chi connectivity index (χ1) is 10.0. The summed E-state index contributed by atoms with van der Waals surface area (Å²) < 4.78 is 0. The lowest BCUT2D eigenvalue weighted by molar-refractivity contribution is 0.395. The lowest BCUT2D eigenvalue weighted by atomic mass is 10.1. The summed E-state index contributed by atoms with van der Waals surface area (Å²) in [6.45, 7) is 3.30. The van der Waals surface area contributed by atoms with Crippen molar-refractivity contribution in [1.29, 1.82) is 5.41 Å². The molecule has 1 aliphatic carbocycles. The van der Waals surface area contributed by atoms with Gasteiger partial charge >= 0.3 is 0 Å². The molecule has 114 valence electrons. The van der Waals surface area contributed by atoms with Gasteiger partial charge in [-0.15, -0.1) is 0 Å². The number of hydrogen-bond acceptors (Lipinski definition) is 4. The van der Waals surface area contributed by atoms with Crippen LogP contribution in [0.1, 0.15) is 29.7 Å². The molecule has 5 heteroatoms. The number of hydrogen-bond donors (Lipinski definition) is 2. The summed E-state index contributed by atoms with van der Waals surface area (Å²) in [5, 5.41) is 7.85. The summed E-state index contributed by atoms with van der Waals surface area (Å²) in [4.78, 5) is 9.40. The number of nitrogens with zero attached hydrogens (tertiary/aromatic N) is 3. The smallest absolute Gasteiger partial charge is 0.139 e. The van der Waals surface area contributed by atoms with Crippen molar-refractivity contribution in [3.8, 4) is 0 Å². The molecule has 1 aromatic heterocycles. The third-order valence-electron chi connectivity index (χ3n) is 4.70. The van der Waals surface area contributed by atoms with Gasteiger partial charge in [-0.1, -0.05) is 0 Å². The quantitative estimate of drug-likeness (QED) is 0.646. The van der Waals surface area contributed by atoms with Crippen LogP contribution in [0.3, 0.4) is 0 Å². The number of likely N-dealkylation sites (tertiary alicyclic amines) is 1. The van der Waals surface area contributed by atoms with E-state index in [4.69, 9.17) is 16.1 Å². The Morgan fingerprint density at radius 2 is 2.33 bits per heavy atom. The van der Waals surface area contributed by atoms with E-state index in [2.05, 4.69) is 30.0 Å². The Hall–Kier alpha value is -1.62. The number of aromatic nitrogens is 1. The topological polar surface area (TPSA) is 69.2 Å². The van der Waals surface area contributed by atoms with E-state index in [1.165, 1.54) is 30.6 Å². The highest BCUT2D eigenvalue weighted by molar-refractivity contribution is 5.99. The number of aryl methyl sites for hydroxylation is 2. The molecule has 0 radical (unpaired) electrons. The summed E-state index contributed by atoms with van der Waals surface area (Å²) in [6, 6.07) is 2.09. The van der Waals surface area contributed by atoms with Crippen molar-refractivity contribution in [1.82, 2.24) is 9.88 Å². The maximum absolute atomic E-state index is 7.85. The first-order valence-corrected chi connectivity index (χ1v) is 7.81. The van der Waals surface area contributed by atoms with Gasteiger partial charge in [0.2, 0.25) is 0 Å². The fraction of sp³-hybridized carbons (Fsp3) is 0.625. The Morgan fingerprint density at radius 1 is 1.52 bits per heavy atom. The molecule has 3 N–H and O–H groups in total. The molecule has 1 unspecified atom stereocenters. The Morgan fingerprint density at radius 3 is 3.00 bits per heavy atom. The van der Waals surface area contributed by atoms with Crippen molar-refractivity contribution < 1.29 is 0 Å². The Balaban J connectivity index is 1.84. The fourth-order valence-corrected chi connectivity index (χ4v) is 3.60. The molecule has 3 rings (SSSR count). The van der Waals surface area contributed by atoms with Crippen LogP contribution < -0.4 is 10.6 Å². The monoisotopic (exact) mass is 287 g/mol. The van der Waals surface area contributed by atoms with Crippen molar-refractivity contribution in [3.63, 3.8) is 0 Å². The van der Waals surface area contributed by atoms with Crippen molar-refractivity contribution in [2.45, 2.75) is 25.7 Å². The van der Waals surface area contributed by atoms with Crippen molar-refractivity contribution in [3.05, 3.63) is 22.9 Å². The molecule has 1 atom stereocenters. The highest BCUT2D eigenvalue weighted by atomic mass is 15.2. The van der Waals surface area contributed by atoms with Crippen LogP contribution in [-0.2, 0) is 12.8 Å². The molecule has 0 amide bonds. The fourth-order valence-electron chi connectivity index (χ4n) is 3.60. The maximum Gasteiger partial charge on any atom is 0.139 e. The third-order valence-corrected chi connectivity index (χ3v) is 4.70. The lowest BCUT2D eigenvalue weighted by Crippen LogP contribution is -2.30. The molecule has 1 saturated heterocycles. The summed E-state index contributed by atoms with van der Waals surface area (Å²) in [5.74, 6) is 1.69. The lowest BCUT2D eigenvalue weighted by Gasteiger charge is -2.25. The number of nitrogens with two attached hydrogens (primary N) is 1. The van der Waals surface area contributed by atoms with Gasteiger partial charge in [-0.05, 0) is 56.8 Å². The Bertz CT molecular complexity index is 554. The number of nitrogens with one attached hydrogen (secondary N) is 1. The van der Waals surface area contributed by atoms with Crippen LogP contribution in [0.5, 0.6) is 0 Å². The number of anilines is 1. The van der Waals surface area contributed by atoms with Crippen LogP contribution in [-0.4, -0.2) is 49.4 Å². The number of nitrogen functional groups attached to an aromatic ring is 1. The molecule has 1 aliphatic heterocycles. The number of amidine groups is 1. The normalized spacial score (nSPS) is 21.5. The van der Waals surface area contributed by atoms with Gasteiger partial charge in [0.25, 0.3) is 0 Å². The first kappa shape index (κ1) is 14.3. The molecular formula is C16H25N5. The number of rotatable bonds is 4. The average molecular weight is 287 g/mol. The highest BCUT2D eigenvalue weighted by Gasteiger charge is 2.24. The SMILES string of the molecule is CN1CCC(CN(C)c2nc3c(cc2C(=N)N)CCC3)C1. The minimum absolute atomic E-state index is 0.127. The van der Waals surface area contributed by atoms with E-state index in [1.54, 1.807) is 0 Å². The van der Waals surface area contributed by atoms with Gasteiger partial charge in [0.1, 0.15) is 11.7 Å². The van der Waals surface area contributed by atoms with E-state index in [0.29, 0.717) is 5.92 Å². The van der Waals surface area contributed by atoms with E-state index < -0.39 is 0 Å². The third kappa shape index (κ3) is 2.88. The second-order valence-corrected chi connectivity index (χ2v) is 6.53. The summed E-state index contributed by atoms with van der Waals surface area (Å²) in [6.07, 6.45) is 4.53. The predicted molar refractivity (Wildman–Crippen MR) is 86.2 cm³/mol. The second kappa shape index (κ2) is 5.64. The van der Waals surface area contributed by atoms with Crippen molar-refractivity contribution in [2.75, 3.05) is 38.6 Å². The number of pyridine rings is 1. The number of fused-ring (bicyclic) bond motifs is 1. The maximum atomic E-state index is 7.85. The zero-order valence-corrected chi connectivity index (χ0v) is 13.0. The highest BCUT2D eigenvalue weighted by Crippen LogP contribution is 2.28.